The molecule has 0 aliphatic carbocycles. The number of aliphatic carboxylic acids is 1. The van der Waals surface area contributed by atoms with Crippen LogP contribution in [0.1, 0.15) is 6.42 Å². The Balaban J connectivity index is 3.88. The van der Waals surface area contributed by atoms with Crippen LogP contribution in [0.2, 0.25) is 0 Å². The maximum absolute atomic E-state index is 11.8. The van der Waals surface area contributed by atoms with E-state index >= 15 is 0 Å². The van der Waals surface area contributed by atoms with Gasteiger partial charge >= 0.3 is 5.97 Å². The van der Waals surface area contributed by atoms with E-state index in [1.54, 1.807) is 6.07 Å². The van der Waals surface area contributed by atoms with Crippen molar-refractivity contribution in [3.8, 4) is 6.07 Å². The molecular formula is C5H4FNO2. The summed E-state index contributed by atoms with van der Waals surface area (Å²) in [7, 11) is 0. The van der Waals surface area contributed by atoms with Gasteiger partial charge in [-0.2, -0.15) is 9.65 Å². The maximum Gasteiger partial charge on any atom is 0.364 e. The summed E-state index contributed by atoms with van der Waals surface area (Å²) < 4.78 is 11.8. The molecule has 0 radical (unpaired) electrons. The molecule has 0 heterocycles. The average Bonchev–Trinajstić information content (AvgIpc) is 1.82. The van der Waals surface area contributed by atoms with Gasteiger partial charge < -0.3 is 5.11 Å². The fraction of sp³-hybridized carbons (Fsp3) is 0.200. The molecule has 0 aromatic rings. The van der Waals surface area contributed by atoms with Gasteiger partial charge in [-0.15, -0.1) is 0 Å². The van der Waals surface area contributed by atoms with Crippen molar-refractivity contribution in [1.82, 2.24) is 0 Å². The van der Waals surface area contributed by atoms with Gasteiger partial charge in [0.1, 0.15) is 0 Å². The van der Waals surface area contributed by atoms with Crippen LogP contribution in [-0.2, 0) is 4.79 Å². The van der Waals surface area contributed by atoms with Crippen LogP contribution >= 0.6 is 0 Å². The summed E-state index contributed by atoms with van der Waals surface area (Å²) in [5.41, 5.74) is 0. The molecule has 0 aliphatic heterocycles. The molecule has 0 fully saturated rings. The van der Waals surface area contributed by atoms with Gasteiger partial charge in [-0.05, 0) is 6.08 Å². The predicted molar refractivity (Wildman–Crippen MR) is 27.1 cm³/mol. The number of hydrogen-bond acceptors (Lipinski definition) is 2. The zero-order chi connectivity index (χ0) is 7.28. The molecule has 0 amide bonds. The van der Waals surface area contributed by atoms with Crippen molar-refractivity contribution in [3.63, 3.8) is 0 Å². The van der Waals surface area contributed by atoms with Crippen LogP contribution in [0.5, 0.6) is 0 Å². The summed E-state index contributed by atoms with van der Waals surface area (Å²) in [6.45, 7) is 0. The Hall–Kier alpha value is -1.37. The molecule has 0 unspecified atom stereocenters. The Kier molecular flexibility index (Phi) is 3.06. The minimum Gasteiger partial charge on any atom is -0.476 e. The Morgan fingerprint density at radius 3 is 2.78 bits per heavy atom. The maximum atomic E-state index is 11.8. The average molecular weight is 129 g/mol. The third kappa shape index (κ3) is 3.23. The molecule has 0 aromatic carbocycles. The van der Waals surface area contributed by atoms with Crippen LogP contribution < -0.4 is 0 Å². The highest BCUT2D eigenvalue weighted by atomic mass is 19.1. The van der Waals surface area contributed by atoms with Crippen molar-refractivity contribution < 1.29 is 14.3 Å². The van der Waals surface area contributed by atoms with Crippen LogP contribution in [-0.4, -0.2) is 11.1 Å². The van der Waals surface area contributed by atoms with E-state index in [4.69, 9.17) is 10.4 Å². The summed E-state index contributed by atoms with van der Waals surface area (Å²) in [5.74, 6) is -2.91. The second-order valence-electron chi connectivity index (χ2n) is 1.22. The third-order valence-corrected chi connectivity index (χ3v) is 0.577. The molecule has 9 heavy (non-hydrogen) atoms. The largest absolute Gasteiger partial charge is 0.476 e. The second kappa shape index (κ2) is 3.61. The van der Waals surface area contributed by atoms with Crippen molar-refractivity contribution in [3.05, 3.63) is 11.9 Å². The number of halogens is 1. The van der Waals surface area contributed by atoms with Gasteiger partial charge in [-0.25, -0.2) is 4.79 Å². The molecule has 0 aromatic heterocycles. The minimum absolute atomic E-state index is 0.210. The number of nitriles is 1. The van der Waals surface area contributed by atoms with Gasteiger partial charge in [0.2, 0.25) is 5.83 Å². The first-order valence-corrected chi connectivity index (χ1v) is 2.14. The lowest BCUT2D eigenvalue weighted by Crippen LogP contribution is -1.93. The van der Waals surface area contributed by atoms with Crippen molar-refractivity contribution in [2.45, 2.75) is 6.42 Å². The first kappa shape index (κ1) is 7.63. The minimum atomic E-state index is -1.63. The second-order valence-corrected chi connectivity index (χ2v) is 1.22. The molecule has 0 aliphatic rings. The van der Waals surface area contributed by atoms with Gasteiger partial charge in [-0.3, -0.25) is 0 Å². The first-order chi connectivity index (χ1) is 4.18. The van der Waals surface area contributed by atoms with E-state index < -0.39 is 11.8 Å². The predicted octanol–water partition coefficient (Wildman–Crippen LogP) is 0.838. The normalized spacial score (nSPS) is 10.4. The fourth-order valence-corrected chi connectivity index (χ4v) is 0.223. The van der Waals surface area contributed by atoms with E-state index in [-0.39, 0.29) is 6.42 Å². The molecule has 0 spiro atoms. The SMILES string of the molecule is N#CC/C=C(\F)C(=O)O. The van der Waals surface area contributed by atoms with Crippen LogP contribution in [0, 0.1) is 11.3 Å². The molecule has 0 bridgehead atoms. The van der Waals surface area contributed by atoms with E-state index in [0.29, 0.717) is 6.08 Å². The lowest BCUT2D eigenvalue weighted by Gasteiger charge is -1.81. The highest BCUT2D eigenvalue weighted by Gasteiger charge is 2.01. The lowest BCUT2D eigenvalue weighted by atomic mass is 10.4. The van der Waals surface area contributed by atoms with Gasteiger partial charge in [0, 0.05) is 0 Å². The summed E-state index contributed by atoms with van der Waals surface area (Å²) in [6, 6.07) is 1.57. The van der Waals surface area contributed by atoms with Gasteiger partial charge in [0.05, 0.1) is 12.5 Å². The van der Waals surface area contributed by atoms with Crippen molar-refractivity contribution in [1.29, 1.82) is 5.26 Å². The van der Waals surface area contributed by atoms with E-state index in [9.17, 15) is 9.18 Å². The summed E-state index contributed by atoms with van der Waals surface area (Å²) in [5, 5.41) is 15.7. The summed E-state index contributed by atoms with van der Waals surface area (Å²) in [4.78, 5) is 9.65. The summed E-state index contributed by atoms with van der Waals surface area (Å²) in [6.07, 6.45) is 0.500. The van der Waals surface area contributed by atoms with E-state index in [1.807, 2.05) is 0 Å². The lowest BCUT2D eigenvalue weighted by molar-refractivity contribution is -0.134. The Morgan fingerprint density at radius 2 is 2.44 bits per heavy atom. The summed E-state index contributed by atoms with van der Waals surface area (Å²) >= 11 is 0. The van der Waals surface area contributed by atoms with Crippen LogP contribution in [0.3, 0.4) is 0 Å². The highest BCUT2D eigenvalue weighted by molar-refractivity contribution is 5.83. The molecule has 1 N–H and O–H groups in total. The smallest absolute Gasteiger partial charge is 0.364 e. The van der Waals surface area contributed by atoms with Gasteiger partial charge in [-0.1, -0.05) is 0 Å². The van der Waals surface area contributed by atoms with Crippen LogP contribution in [0.15, 0.2) is 11.9 Å². The highest BCUT2D eigenvalue weighted by Crippen LogP contribution is 1.96. The van der Waals surface area contributed by atoms with Crippen molar-refractivity contribution in [2.24, 2.45) is 0 Å². The molecule has 0 atom stereocenters. The standard InChI is InChI=1S/C5H4FNO2/c6-4(5(8)9)2-1-3-7/h2H,1H2,(H,8,9)/b4-2-. The quantitative estimate of drug-likeness (QED) is 0.562. The number of carbonyl (C=O) groups is 1. The first-order valence-electron chi connectivity index (χ1n) is 2.14. The zero-order valence-electron chi connectivity index (χ0n) is 4.47. The van der Waals surface area contributed by atoms with Crippen molar-refractivity contribution in [2.75, 3.05) is 0 Å². The number of nitrogens with zero attached hydrogens (tertiary/aromatic N) is 1. The van der Waals surface area contributed by atoms with Crippen molar-refractivity contribution >= 4 is 5.97 Å². The number of rotatable bonds is 2. The van der Waals surface area contributed by atoms with E-state index in [0.717, 1.165) is 0 Å². The molecule has 4 heteroatoms. The van der Waals surface area contributed by atoms with Crippen LogP contribution in [0.4, 0.5) is 4.39 Å². The van der Waals surface area contributed by atoms with E-state index in [2.05, 4.69) is 0 Å². The number of allylic oxidation sites excluding steroid dienone is 1. The molecule has 0 saturated heterocycles. The number of carboxylic acids is 1. The number of carboxylic acid groups (broad SMARTS) is 1. The van der Waals surface area contributed by atoms with Gasteiger partial charge in [0.15, 0.2) is 0 Å². The van der Waals surface area contributed by atoms with Gasteiger partial charge in [0.25, 0.3) is 0 Å². The molecule has 3 nitrogen and oxygen atoms in total. The fourth-order valence-electron chi connectivity index (χ4n) is 0.223. The topological polar surface area (TPSA) is 61.1 Å². The monoisotopic (exact) mass is 129 g/mol. The Bertz CT molecular complexity index is 180. The Morgan fingerprint density at radius 1 is 1.89 bits per heavy atom. The zero-order valence-corrected chi connectivity index (χ0v) is 4.47. The third-order valence-electron chi connectivity index (χ3n) is 0.577. The molecular weight excluding hydrogens is 125 g/mol. The molecule has 0 rings (SSSR count). The molecule has 48 valence electrons. The van der Waals surface area contributed by atoms with Crippen LogP contribution in [0.25, 0.3) is 0 Å². The number of hydrogen-bond donors (Lipinski definition) is 1. The Labute approximate surface area is 51.0 Å². The van der Waals surface area contributed by atoms with E-state index in [1.165, 1.54) is 0 Å². The molecule has 0 saturated carbocycles.